The summed E-state index contributed by atoms with van der Waals surface area (Å²) in [7, 11) is -8.52. The van der Waals surface area contributed by atoms with E-state index in [0.717, 1.165) is 0 Å². The van der Waals surface area contributed by atoms with Gasteiger partial charge >= 0.3 is 0 Å². The van der Waals surface area contributed by atoms with Gasteiger partial charge in [0.2, 0.25) is 0 Å². The standard InChI is InChI=1S/C25H20O8S2/c26-34(27,24-15-11-22(12-16-24)32-20-7-3-1-4-8-20)30-19-31-35(28,29)25-17-13-23(14-18-25)33-21-9-5-2-6-10-21/h1-18H,19H2. The summed E-state index contributed by atoms with van der Waals surface area (Å²) in [5, 5.41) is 0. The molecule has 0 spiro atoms. The molecular weight excluding hydrogens is 492 g/mol. The van der Waals surface area contributed by atoms with Crippen molar-refractivity contribution in [2.24, 2.45) is 0 Å². The first-order valence-corrected chi connectivity index (χ1v) is 13.1. The minimum atomic E-state index is -4.26. The van der Waals surface area contributed by atoms with E-state index in [4.69, 9.17) is 17.8 Å². The molecule has 0 amide bonds. The Morgan fingerprint density at radius 2 is 0.743 bits per heavy atom. The summed E-state index contributed by atoms with van der Waals surface area (Å²) in [6.45, 7) is -1.02. The van der Waals surface area contributed by atoms with Crippen LogP contribution in [0.2, 0.25) is 0 Å². The van der Waals surface area contributed by atoms with E-state index < -0.39 is 27.0 Å². The molecule has 0 unspecified atom stereocenters. The smallest absolute Gasteiger partial charge is 0.299 e. The SMILES string of the molecule is O=S(=O)(OCOS(=O)(=O)c1ccc(Oc2ccccc2)cc1)c1ccc(Oc2ccccc2)cc1. The fourth-order valence-corrected chi connectivity index (χ4v) is 4.50. The van der Waals surface area contributed by atoms with Gasteiger partial charge in [-0.15, -0.1) is 0 Å². The van der Waals surface area contributed by atoms with E-state index in [-0.39, 0.29) is 9.79 Å². The first kappa shape index (κ1) is 24.4. The molecule has 0 aromatic heterocycles. The van der Waals surface area contributed by atoms with Crippen molar-refractivity contribution in [1.29, 1.82) is 0 Å². The van der Waals surface area contributed by atoms with Gasteiger partial charge in [-0.05, 0) is 72.8 Å². The van der Waals surface area contributed by atoms with E-state index in [1.165, 1.54) is 48.5 Å². The molecule has 0 bridgehead atoms. The maximum atomic E-state index is 12.4. The van der Waals surface area contributed by atoms with Gasteiger partial charge in [-0.3, -0.25) is 0 Å². The highest BCUT2D eigenvalue weighted by molar-refractivity contribution is 7.87. The first-order chi connectivity index (χ1) is 16.8. The third-order valence-electron chi connectivity index (χ3n) is 4.59. The summed E-state index contributed by atoms with van der Waals surface area (Å²) in [5.74, 6) is 2.04. The molecular formula is C25H20O8S2. The molecule has 180 valence electrons. The van der Waals surface area contributed by atoms with Gasteiger partial charge in [-0.1, -0.05) is 36.4 Å². The van der Waals surface area contributed by atoms with Gasteiger partial charge in [-0.2, -0.15) is 16.8 Å². The topological polar surface area (TPSA) is 105 Å². The van der Waals surface area contributed by atoms with Crippen molar-refractivity contribution >= 4 is 20.2 Å². The predicted molar refractivity (Wildman–Crippen MR) is 127 cm³/mol. The molecule has 0 N–H and O–H groups in total. The molecule has 10 heteroatoms. The van der Waals surface area contributed by atoms with Crippen molar-refractivity contribution in [2.45, 2.75) is 9.79 Å². The van der Waals surface area contributed by atoms with Crippen LogP contribution in [0.5, 0.6) is 23.0 Å². The second-order valence-electron chi connectivity index (χ2n) is 7.03. The Kier molecular flexibility index (Phi) is 7.47. The molecule has 0 saturated carbocycles. The molecule has 0 aliphatic carbocycles. The Labute approximate surface area is 203 Å². The highest BCUT2D eigenvalue weighted by Gasteiger charge is 2.20. The Morgan fingerprint density at radius 1 is 0.429 bits per heavy atom. The van der Waals surface area contributed by atoms with E-state index in [9.17, 15) is 16.8 Å². The summed E-state index contributed by atoms with van der Waals surface area (Å²) >= 11 is 0. The van der Waals surface area contributed by atoms with Crippen molar-refractivity contribution in [3.63, 3.8) is 0 Å². The van der Waals surface area contributed by atoms with Crippen LogP contribution in [0.3, 0.4) is 0 Å². The van der Waals surface area contributed by atoms with Crippen LogP contribution in [0, 0.1) is 0 Å². The minimum Gasteiger partial charge on any atom is -0.457 e. The number of ether oxygens (including phenoxy) is 2. The van der Waals surface area contributed by atoms with Crippen LogP contribution in [-0.2, 0) is 28.6 Å². The Morgan fingerprint density at radius 3 is 1.09 bits per heavy atom. The van der Waals surface area contributed by atoms with Crippen LogP contribution in [-0.4, -0.2) is 23.6 Å². The van der Waals surface area contributed by atoms with Crippen LogP contribution in [0.25, 0.3) is 0 Å². The molecule has 0 atom stereocenters. The highest BCUT2D eigenvalue weighted by Crippen LogP contribution is 2.25. The number of hydrogen-bond donors (Lipinski definition) is 0. The van der Waals surface area contributed by atoms with E-state index in [0.29, 0.717) is 23.0 Å². The molecule has 0 fully saturated rings. The van der Waals surface area contributed by atoms with Crippen LogP contribution < -0.4 is 9.47 Å². The third kappa shape index (κ3) is 6.67. The molecule has 35 heavy (non-hydrogen) atoms. The summed E-state index contributed by atoms with van der Waals surface area (Å²) in [6, 6.07) is 28.9. The average Bonchev–Trinajstić information content (AvgIpc) is 2.86. The number of benzene rings is 4. The second-order valence-corrected chi connectivity index (χ2v) is 10.3. The van der Waals surface area contributed by atoms with E-state index in [1.807, 2.05) is 36.4 Å². The summed E-state index contributed by atoms with van der Waals surface area (Å²) in [5.41, 5.74) is 0. The fraction of sp³-hybridized carbons (Fsp3) is 0.0400. The monoisotopic (exact) mass is 512 g/mol. The van der Waals surface area contributed by atoms with Crippen molar-refractivity contribution in [3.05, 3.63) is 109 Å². The van der Waals surface area contributed by atoms with E-state index in [1.54, 1.807) is 24.3 Å². The van der Waals surface area contributed by atoms with Gasteiger partial charge in [0.05, 0.1) is 9.79 Å². The maximum Gasteiger partial charge on any atom is 0.299 e. The molecule has 8 nitrogen and oxygen atoms in total. The van der Waals surface area contributed by atoms with Gasteiger partial charge in [-0.25, -0.2) is 8.37 Å². The minimum absolute atomic E-state index is 0.179. The quantitative estimate of drug-likeness (QED) is 0.207. The third-order valence-corrected chi connectivity index (χ3v) is 7.10. The lowest BCUT2D eigenvalue weighted by atomic mass is 10.3. The number of hydrogen-bond acceptors (Lipinski definition) is 8. The zero-order valence-electron chi connectivity index (χ0n) is 18.2. The van der Waals surface area contributed by atoms with E-state index >= 15 is 0 Å². The summed E-state index contributed by atoms with van der Waals surface area (Å²) in [4.78, 5) is -0.359. The molecule has 4 rings (SSSR count). The molecule has 4 aromatic rings. The first-order valence-electron chi connectivity index (χ1n) is 10.3. The normalized spacial score (nSPS) is 11.7. The molecule has 0 heterocycles. The van der Waals surface area contributed by atoms with Crippen LogP contribution >= 0.6 is 0 Å². The van der Waals surface area contributed by atoms with Crippen LogP contribution in [0.1, 0.15) is 0 Å². The Bertz CT molecular complexity index is 1340. The Hall–Kier alpha value is -3.70. The lowest BCUT2D eigenvalue weighted by molar-refractivity contribution is 0.132. The van der Waals surface area contributed by atoms with E-state index in [2.05, 4.69) is 0 Å². The number of para-hydroxylation sites is 2. The van der Waals surface area contributed by atoms with Gasteiger partial charge in [0, 0.05) is 0 Å². The number of rotatable bonds is 10. The van der Waals surface area contributed by atoms with Gasteiger partial charge in [0.1, 0.15) is 23.0 Å². The Balaban J connectivity index is 1.33. The van der Waals surface area contributed by atoms with Crippen LogP contribution in [0.15, 0.2) is 119 Å². The lowest BCUT2D eigenvalue weighted by Gasteiger charge is -2.09. The van der Waals surface area contributed by atoms with Crippen molar-refractivity contribution < 1.29 is 34.7 Å². The zero-order chi connectivity index (χ0) is 24.7. The zero-order valence-corrected chi connectivity index (χ0v) is 19.8. The summed E-state index contributed by atoms with van der Waals surface area (Å²) in [6.07, 6.45) is 0. The van der Waals surface area contributed by atoms with Crippen molar-refractivity contribution in [2.75, 3.05) is 6.79 Å². The van der Waals surface area contributed by atoms with Crippen LogP contribution in [0.4, 0.5) is 0 Å². The lowest BCUT2D eigenvalue weighted by Crippen LogP contribution is -2.14. The molecule has 0 aliphatic heterocycles. The van der Waals surface area contributed by atoms with Gasteiger partial charge in [0.25, 0.3) is 20.2 Å². The average molecular weight is 513 g/mol. The highest BCUT2D eigenvalue weighted by atomic mass is 32.2. The fourth-order valence-electron chi connectivity index (χ4n) is 2.88. The largest absolute Gasteiger partial charge is 0.457 e. The molecule has 4 aromatic carbocycles. The predicted octanol–water partition coefficient (Wildman–Crippen LogP) is 5.34. The second kappa shape index (κ2) is 10.7. The van der Waals surface area contributed by atoms with Gasteiger partial charge in [0.15, 0.2) is 6.79 Å². The van der Waals surface area contributed by atoms with Crippen molar-refractivity contribution in [1.82, 2.24) is 0 Å². The van der Waals surface area contributed by atoms with Gasteiger partial charge < -0.3 is 9.47 Å². The maximum absolute atomic E-state index is 12.4. The molecule has 0 radical (unpaired) electrons. The molecule has 0 aliphatic rings. The molecule has 0 saturated heterocycles. The summed E-state index contributed by atoms with van der Waals surface area (Å²) < 4.78 is 70.3. The van der Waals surface area contributed by atoms with Crippen molar-refractivity contribution in [3.8, 4) is 23.0 Å².